The molecule has 1 aliphatic rings. The minimum Gasteiger partial charge on any atom is -0.497 e. The Morgan fingerprint density at radius 1 is 0.897 bits per heavy atom. The first-order chi connectivity index (χ1) is 14.3. The number of amides is 1. The molecule has 5 rings (SSSR count). The summed E-state index contributed by atoms with van der Waals surface area (Å²) in [6.45, 7) is 0.695. The zero-order valence-corrected chi connectivity index (χ0v) is 16.3. The van der Waals surface area contributed by atoms with Crippen LogP contribution in [0.1, 0.15) is 15.9 Å². The van der Waals surface area contributed by atoms with E-state index in [1.54, 1.807) is 7.11 Å². The average molecular weight is 379 g/mol. The summed E-state index contributed by atoms with van der Waals surface area (Å²) in [4.78, 5) is 15.2. The summed E-state index contributed by atoms with van der Waals surface area (Å²) in [5, 5.41) is 2.27. The van der Waals surface area contributed by atoms with E-state index >= 15 is 0 Å². The van der Waals surface area contributed by atoms with Crippen LogP contribution in [0.5, 0.6) is 5.75 Å². The van der Waals surface area contributed by atoms with Gasteiger partial charge >= 0.3 is 0 Å². The molecule has 29 heavy (non-hydrogen) atoms. The maximum Gasteiger partial charge on any atom is 0.258 e. The van der Waals surface area contributed by atoms with Gasteiger partial charge in [-0.3, -0.25) is 4.79 Å². The summed E-state index contributed by atoms with van der Waals surface area (Å²) in [5.74, 6) is 0.897. The molecule has 1 aliphatic heterocycles. The van der Waals surface area contributed by atoms with E-state index in [1.165, 1.54) is 11.1 Å². The van der Waals surface area contributed by atoms with Gasteiger partial charge in [-0.2, -0.15) is 0 Å². The Balaban J connectivity index is 1.70. The SMILES string of the molecule is COc1ccc(-c2cc3ccccc3c3c2CCN3C(=O)c2ccccc2)cc1. The highest BCUT2D eigenvalue weighted by atomic mass is 16.5. The second-order valence-electron chi connectivity index (χ2n) is 7.27. The Labute approximate surface area is 170 Å². The lowest BCUT2D eigenvalue weighted by Crippen LogP contribution is -2.28. The molecule has 0 aromatic heterocycles. The van der Waals surface area contributed by atoms with Crippen LogP contribution in [-0.4, -0.2) is 19.6 Å². The largest absolute Gasteiger partial charge is 0.497 e. The van der Waals surface area contributed by atoms with Crippen LogP contribution >= 0.6 is 0 Å². The molecule has 0 radical (unpaired) electrons. The first-order valence-corrected chi connectivity index (χ1v) is 9.82. The molecule has 3 nitrogen and oxygen atoms in total. The zero-order valence-electron chi connectivity index (χ0n) is 16.3. The first-order valence-electron chi connectivity index (χ1n) is 9.82. The highest BCUT2D eigenvalue weighted by molar-refractivity contribution is 6.14. The van der Waals surface area contributed by atoms with Crippen molar-refractivity contribution >= 4 is 22.4 Å². The lowest BCUT2D eigenvalue weighted by Gasteiger charge is -2.21. The van der Waals surface area contributed by atoms with E-state index in [1.807, 2.05) is 59.5 Å². The Hall–Kier alpha value is -3.59. The molecule has 4 aromatic carbocycles. The number of methoxy groups -OCH3 is 1. The smallest absolute Gasteiger partial charge is 0.258 e. The molecule has 1 heterocycles. The van der Waals surface area contributed by atoms with Crippen molar-refractivity contribution in [1.82, 2.24) is 0 Å². The van der Waals surface area contributed by atoms with Crippen LogP contribution in [0, 0.1) is 0 Å². The average Bonchev–Trinajstić information content (AvgIpc) is 3.24. The number of carbonyl (C=O) groups is 1. The molecule has 0 aliphatic carbocycles. The number of hydrogen-bond acceptors (Lipinski definition) is 2. The van der Waals surface area contributed by atoms with Crippen molar-refractivity contribution in [2.75, 3.05) is 18.6 Å². The Bertz CT molecular complexity index is 1200. The quantitative estimate of drug-likeness (QED) is 0.456. The summed E-state index contributed by atoms with van der Waals surface area (Å²) >= 11 is 0. The lowest BCUT2D eigenvalue weighted by atomic mass is 9.93. The van der Waals surface area contributed by atoms with Gasteiger partial charge in [-0.05, 0) is 58.8 Å². The molecule has 0 spiro atoms. The second-order valence-corrected chi connectivity index (χ2v) is 7.27. The van der Waals surface area contributed by atoms with E-state index in [2.05, 4.69) is 30.3 Å². The third-order valence-corrected chi connectivity index (χ3v) is 5.65. The molecule has 3 heteroatoms. The predicted octanol–water partition coefficient (Wildman–Crippen LogP) is 5.72. The minimum atomic E-state index is 0.0568. The van der Waals surface area contributed by atoms with Gasteiger partial charge in [0.15, 0.2) is 0 Å². The van der Waals surface area contributed by atoms with Crippen LogP contribution in [0.4, 0.5) is 5.69 Å². The molecule has 0 fully saturated rings. The van der Waals surface area contributed by atoms with E-state index in [-0.39, 0.29) is 5.91 Å². The van der Waals surface area contributed by atoms with Crippen molar-refractivity contribution in [2.45, 2.75) is 6.42 Å². The summed E-state index contributed by atoms with van der Waals surface area (Å²) in [7, 11) is 1.68. The lowest BCUT2D eigenvalue weighted by molar-refractivity contribution is 0.0989. The molecule has 0 N–H and O–H groups in total. The van der Waals surface area contributed by atoms with Gasteiger partial charge in [0.05, 0.1) is 12.8 Å². The normalized spacial score (nSPS) is 12.8. The highest BCUT2D eigenvalue weighted by Crippen LogP contribution is 2.43. The van der Waals surface area contributed by atoms with Gasteiger partial charge in [0, 0.05) is 17.5 Å². The highest BCUT2D eigenvalue weighted by Gasteiger charge is 2.29. The number of carbonyl (C=O) groups excluding carboxylic acids is 1. The standard InChI is InChI=1S/C26H21NO2/c1-29-21-13-11-18(12-14-21)24-17-20-9-5-6-10-22(20)25-23(24)15-16-27(25)26(28)19-7-3-2-4-8-19/h2-14,17H,15-16H2,1H3. The van der Waals surface area contributed by atoms with Gasteiger partial charge in [-0.25, -0.2) is 0 Å². The molecule has 0 unspecified atom stereocenters. The summed E-state index contributed by atoms with van der Waals surface area (Å²) in [5.41, 5.74) is 5.33. The fourth-order valence-corrected chi connectivity index (χ4v) is 4.24. The number of ether oxygens (including phenoxy) is 1. The molecule has 0 atom stereocenters. The monoisotopic (exact) mass is 379 g/mol. The number of rotatable bonds is 3. The number of nitrogens with zero attached hydrogens (tertiary/aromatic N) is 1. The van der Waals surface area contributed by atoms with Crippen LogP contribution in [-0.2, 0) is 6.42 Å². The van der Waals surface area contributed by atoms with Crippen LogP contribution in [0.15, 0.2) is 84.9 Å². The van der Waals surface area contributed by atoms with Gasteiger partial charge < -0.3 is 9.64 Å². The van der Waals surface area contributed by atoms with Crippen molar-refractivity contribution in [3.63, 3.8) is 0 Å². The second kappa shape index (κ2) is 7.10. The molecule has 0 saturated heterocycles. The first kappa shape index (κ1) is 17.5. The molecular weight excluding hydrogens is 358 g/mol. The topological polar surface area (TPSA) is 29.5 Å². The van der Waals surface area contributed by atoms with Crippen LogP contribution in [0.2, 0.25) is 0 Å². The summed E-state index contributed by atoms with van der Waals surface area (Å²) < 4.78 is 5.31. The fraction of sp³-hybridized carbons (Fsp3) is 0.115. The van der Waals surface area contributed by atoms with Gasteiger partial charge in [0.25, 0.3) is 5.91 Å². The van der Waals surface area contributed by atoms with Crippen LogP contribution < -0.4 is 9.64 Å². The third kappa shape index (κ3) is 2.95. The van der Waals surface area contributed by atoms with E-state index in [9.17, 15) is 4.79 Å². The molecule has 1 amide bonds. The number of anilines is 1. The number of benzene rings is 4. The van der Waals surface area contributed by atoms with Crippen molar-refractivity contribution in [2.24, 2.45) is 0 Å². The van der Waals surface area contributed by atoms with Gasteiger partial charge in [-0.15, -0.1) is 0 Å². The third-order valence-electron chi connectivity index (χ3n) is 5.65. The Kier molecular flexibility index (Phi) is 4.28. The van der Waals surface area contributed by atoms with Crippen molar-refractivity contribution < 1.29 is 9.53 Å². The molecular formula is C26H21NO2. The van der Waals surface area contributed by atoms with Crippen molar-refractivity contribution in [3.05, 3.63) is 96.1 Å². The summed E-state index contributed by atoms with van der Waals surface area (Å²) in [6, 6.07) is 28.2. The Morgan fingerprint density at radius 2 is 1.62 bits per heavy atom. The number of hydrogen-bond donors (Lipinski definition) is 0. The molecule has 0 bridgehead atoms. The van der Waals surface area contributed by atoms with E-state index in [0.29, 0.717) is 6.54 Å². The minimum absolute atomic E-state index is 0.0568. The van der Waals surface area contributed by atoms with Gasteiger partial charge in [0.1, 0.15) is 5.75 Å². The molecule has 142 valence electrons. The van der Waals surface area contributed by atoms with Gasteiger partial charge in [0.2, 0.25) is 0 Å². The van der Waals surface area contributed by atoms with Crippen LogP contribution in [0.3, 0.4) is 0 Å². The molecule has 0 saturated carbocycles. The van der Waals surface area contributed by atoms with E-state index in [0.717, 1.165) is 39.8 Å². The van der Waals surface area contributed by atoms with E-state index < -0.39 is 0 Å². The molecule has 4 aromatic rings. The van der Waals surface area contributed by atoms with Gasteiger partial charge in [-0.1, -0.05) is 54.6 Å². The fourth-order valence-electron chi connectivity index (χ4n) is 4.24. The number of fused-ring (bicyclic) bond motifs is 3. The Morgan fingerprint density at radius 3 is 2.38 bits per heavy atom. The summed E-state index contributed by atoms with van der Waals surface area (Å²) in [6.07, 6.45) is 0.847. The van der Waals surface area contributed by atoms with E-state index in [4.69, 9.17) is 4.74 Å². The van der Waals surface area contributed by atoms with Crippen molar-refractivity contribution in [3.8, 4) is 16.9 Å². The van der Waals surface area contributed by atoms with Crippen molar-refractivity contribution in [1.29, 1.82) is 0 Å². The maximum absolute atomic E-state index is 13.3. The van der Waals surface area contributed by atoms with Crippen LogP contribution in [0.25, 0.3) is 21.9 Å². The maximum atomic E-state index is 13.3. The zero-order chi connectivity index (χ0) is 19.8. The predicted molar refractivity (Wildman–Crippen MR) is 118 cm³/mol.